The lowest BCUT2D eigenvalue weighted by Crippen LogP contribution is -2.23. The number of hydrogen-bond donors (Lipinski definition) is 0. The van der Waals surface area contributed by atoms with Gasteiger partial charge in [-0.15, -0.1) is 0 Å². The molecule has 0 heterocycles. The molecule has 0 amide bonds. The van der Waals surface area contributed by atoms with E-state index in [1.165, 1.54) is 74.5 Å². The van der Waals surface area contributed by atoms with Gasteiger partial charge in [0, 0.05) is 0 Å². The van der Waals surface area contributed by atoms with Crippen LogP contribution in [0.3, 0.4) is 0 Å². The number of aryl methyl sites for hydroxylation is 1. The van der Waals surface area contributed by atoms with Crippen LogP contribution in [0.25, 0.3) is 11.1 Å². The lowest BCUT2D eigenvalue weighted by atomic mass is 9.70. The summed E-state index contributed by atoms with van der Waals surface area (Å²) in [6.45, 7) is 2.15. The topological polar surface area (TPSA) is 0 Å². The first-order valence-corrected chi connectivity index (χ1v) is 10.5. The van der Waals surface area contributed by atoms with Crippen molar-refractivity contribution in [2.75, 3.05) is 0 Å². The molecule has 0 radical (unpaired) electrons. The Bertz CT molecular complexity index is 650. The van der Waals surface area contributed by atoms with E-state index in [2.05, 4.69) is 55.5 Å². The van der Waals surface area contributed by atoms with Gasteiger partial charge in [-0.2, -0.15) is 0 Å². The third kappa shape index (κ3) is 4.00. The van der Waals surface area contributed by atoms with E-state index in [1.54, 1.807) is 5.56 Å². The molecule has 0 spiro atoms. The Labute approximate surface area is 153 Å². The van der Waals surface area contributed by atoms with Gasteiger partial charge in [-0.25, -0.2) is 0 Å². The van der Waals surface area contributed by atoms with Crippen molar-refractivity contribution < 1.29 is 0 Å². The Morgan fingerprint density at radius 2 is 1.08 bits per heavy atom. The second kappa shape index (κ2) is 7.77. The van der Waals surface area contributed by atoms with E-state index in [0.29, 0.717) is 0 Å². The van der Waals surface area contributed by atoms with E-state index in [-0.39, 0.29) is 0 Å². The molecule has 4 rings (SSSR count). The van der Waals surface area contributed by atoms with Gasteiger partial charge in [-0.1, -0.05) is 86.2 Å². The fourth-order valence-electron chi connectivity index (χ4n) is 5.22. The van der Waals surface area contributed by atoms with Crippen LogP contribution in [0.4, 0.5) is 0 Å². The molecule has 0 atom stereocenters. The van der Waals surface area contributed by atoms with E-state index >= 15 is 0 Å². The fraction of sp³-hybridized carbons (Fsp3) is 0.520. The van der Waals surface area contributed by atoms with Crippen LogP contribution in [-0.2, 0) is 0 Å². The van der Waals surface area contributed by atoms with Crippen LogP contribution in [0.5, 0.6) is 0 Å². The monoisotopic (exact) mass is 332 g/mol. The average molecular weight is 333 g/mol. The summed E-state index contributed by atoms with van der Waals surface area (Å²) in [5.41, 5.74) is 5.57. The van der Waals surface area contributed by atoms with Crippen LogP contribution in [0.15, 0.2) is 48.5 Å². The summed E-state index contributed by atoms with van der Waals surface area (Å²) in [5, 5.41) is 0. The third-order valence-corrected chi connectivity index (χ3v) is 6.86. The van der Waals surface area contributed by atoms with Crippen LogP contribution < -0.4 is 0 Å². The van der Waals surface area contributed by atoms with Crippen molar-refractivity contribution in [1.29, 1.82) is 0 Å². The van der Waals surface area contributed by atoms with Gasteiger partial charge < -0.3 is 0 Å². The highest BCUT2D eigenvalue weighted by atomic mass is 14.3. The summed E-state index contributed by atoms with van der Waals surface area (Å²) in [6.07, 6.45) is 13.2. The lowest BCUT2D eigenvalue weighted by Gasteiger charge is -2.36. The van der Waals surface area contributed by atoms with Crippen molar-refractivity contribution in [3.8, 4) is 11.1 Å². The highest BCUT2D eigenvalue weighted by molar-refractivity contribution is 5.64. The van der Waals surface area contributed by atoms with Gasteiger partial charge in [0.1, 0.15) is 0 Å². The molecular weight excluding hydrogens is 300 g/mol. The highest BCUT2D eigenvalue weighted by Gasteiger charge is 2.28. The van der Waals surface area contributed by atoms with Gasteiger partial charge in [-0.05, 0) is 67.1 Å². The Kier molecular flexibility index (Phi) is 5.25. The van der Waals surface area contributed by atoms with E-state index in [9.17, 15) is 0 Å². The maximum atomic E-state index is 2.39. The van der Waals surface area contributed by atoms with Crippen LogP contribution in [0.2, 0.25) is 0 Å². The lowest BCUT2D eigenvalue weighted by molar-refractivity contribution is 0.186. The first-order valence-electron chi connectivity index (χ1n) is 10.5. The van der Waals surface area contributed by atoms with Crippen LogP contribution in [0.1, 0.15) is 74.8 Å². The zero-order chi connectivity index (χ0) is 17.1. The van der Waals surface area contributed by atoms with Crippen molar-refractivity contribution >= 4 is 0 Å². The molecule has 0 heteroatoms. The summed E-state index contributed by atoms with van der Waals surface area (Å²) >= 11 is 0. The fourth-order valence-corrected chi connectivity index (χ4v) is 5.22. The van der Waals surface area contributed by atoms with Crippen molar-refractivity contribution in [2.24, 2.45) is 11.8 Å². The first kappa shape index (κ1) is 16.9. The Morgan fingerprint density at radius 3 is 1.68 bits per heavy atom. The molecule has 0 aromatic heterocycles. The minimum absolute atomic E-state index is 0.798. The average Bonchev–Trinajstić information content (AvgIpc) is 2.70. The van der Waals surface area contributed by atoms with Gasteiger partial charge >= 0.3 is 0 Å². The zero-order valence-corrected chi connectivity index (χ0v) is 15.7. The van der Waals surface area contributed by atoms with Gasteiger partial charge in [0.2, 0.25) is 0 Å². The molecule has 0 bridgehead atoms. The summed E-state index contributed by atoms with van der Waals surface area (Å²) in [7, 11) is 0. The van der Waals surface area contributed by atoms with Gasteiger partial charge in [-0.3, -0.25) is 0 Å². The number of hydrogen-bond acceptors (Lipinski definition) is 0. The molecule has 2 aromatic rings. The van der Waals surface area contributed by atoms with Crippen molar-refractivity contribution in [2.45, 2.75) is 70.6 Å². The van der Waals surface area contributed by atoms with Crippen LogP contribution in [0, 0.1) is 18.8 Å². The van der Waals surface area contributed by atoms with E-state index in [0.717, 1.165) is 17.8 Å². The molecule has 0 unspecified atom stereocenters. The zero-order valence-electron chi connectivity index (χ0n) is 15.7. The van der Waals surface area contributed by atoms with Crippen LogP contribution in [-0.4, -0.2) is 0 Å². The van der Waals surface area contributed by atoms with Gasteiger partial charge in [0.15, 0.2) is 0 Å². The highest BCUT2D eigenvalue weighted by Crippen LogP contribution is 2.43. The van der Waals surface area contributed by atoms with Crippen molar-refractivity contribution in [3.05, 3.63) is 59.7 Å². The summed E-state index contributed by atoms with van der Waals surface area (Å²) in [6, 6.07) is 18.3. The van der Waals surface area contributed by atoms with Crippen molar-refractivity contribution in [3.63, 3.8) is 0 Å². The maximum absolute atomic E-state index is 2.39. The Hall–Kier alpha value is -1.56. The van der Waals surface area contributed by atoms with Gasteiger partial charge in [0.05, 0.1) is 0 Å². The maximum Gasteiger partial charge on any atom is -0.0162 e. The molecule has 2 aromatic carbocycles. The normalized spacial score (nSPS) is 25.0. The SMILES string of the molecule is Cc1ccc(-c2ccc(C3CCC(C4CCCCC4)CC3)cc2)cc1. The number of rotatable bonds is 3. The largest absolute Gasteiger partial charge is 0.0587 e. The molecule has 25 heavy (non-hydrogen) atoms. The molecule has 2 saturated carbocycles. The third-order valence-electron chi connectivity index (χ3n) is 6.86. The van der Waals surface area contributed by atoms with E-state index in [4.69, 9.17) is 0 Å². The summed E-state index contributed by atoms with van der Waals surface area (Å²) < 4.78 is 0. The predicted molar refractivity (Wildman–Crippen MR) is 108 cm³/mol. The molecule has 2 aliphatic carbocycles. The second-order valence-corrected chi connectivity index (χ2v) is 8.50. The minimum Gasteiger partial charge on any atom is -0.0587 e. The molecule has 0 N–H and O–H groups in total. The minimum atomic E-state index is 0.798. The molecule has 0 aliphatic heterocycles. The van der Waals surface area contributed by atoms with E-state index in [1.807, 2.05) is 0 Å². The van der Waals surface area contributed by atoms with Gasteiger partial charge in [0.25, 0.3) is 0 Å². The molecule has 0 nitrogen and oxygen atoms in total. The summed E-state index contributed by atoms with van der Waals surface area (Å²) in [5.74, 6) is 2.88. The smallest absolute Gasteiger partial charge is 0.0162 e. The molecule has 2 aliphatic rings. The Morgan fingerprint density at radius 1 is 0.560 bits per heavy atom. The van der Waals surface area contributed by atoms with E-state index < -0.39 is 0 Å². The predicted octanol–water partition coefficient (Wildman–Crippen LogP) is 7.52. The Balaban J connectivity index is 1.37. The van der Waals surface area contributed by atoms with Crippen molar-refractivity contribution in [1.82, 2.24) is 0 Å². The summed E-state index contributed by atoms with van der Waals surface area (Å²) in [4.78, 5) is 0. The number of benzene rings is 2. The molecule has 0 saturated heterocycles. The molecular formula is C25H32. The quantitative estimate of drug-likeness (QED) is 0.545. The molecule has 132 valence electrons. The first-order chi connectivity index (χ1) is 12.3. The van der Waals surface area contributed by atoms with Crippen LogP contribution >= 0.6 is 0 Å². The second-order valence-electron chi connectivity index (χ2n) is 8.50. The molecule has 2 fully saturated rings. The standard InChI is InChI=1S/C25H32/c1-19-7-9-21(10-8-19)23-15-17-25(18-16-23)24-13-11-22(12-14-24)20-5-3-2-4-6-20/h7-10,15-18,20,22,24H,2-6,11-14H2,1H3.